The number of amides is 2. The number of halogens is 1. The van der Waals surface area contributed by atoms with Gasteiger partial charge in [-0.1, -0.05) is 11.6 Å². The molecule has 1 saturated heterocycles. The monoisotopic (exact) mass is 409 g/mol. The number of likely N-dealkylation sites (tertiary alicyclic amines) is 1. The Bertz CT molecular complexity index is 741. The first-order chi connectivity index (χ1) is 13.2. The molecule has 3 rings (SSSR count). The third kappa shape index (κ3) is 4.52. The van der Waals surface area contributed by atoms with Crippen molar-refractivity contribution in [2.45, 2.75) is 45.2 Å². The van der Waals surface area contributed by atoms with E-state index >= 15 is 0 Å². The SMILES string of the molecule is CC(C)(C)N(C(=O)O)C1CCN(CCN2C(=O)COc3ccc(Cl)cc32)CC1. The van der Waals surface area contributed by atoms with Crippen LogP contribution in [0.4, 0.5) is 10.5 Å². The fraction of sp³-hybridized carbons (Fsp3) is 0.600. The van der Waals surface area contributed by atoms with E-state index in [9.17, 15) is 14.7 Å². The molecule has 1 aromatic rings. The second kappa shape index (κ2) is 8.17. The van der Waals surface area contributed by atoms with Gasteiger partial charge in [0.15, 0.2) is 6.61 Å². The maximum atomic E-state index is 12.3. The van der Waals surface area contributed by atoms with Gasteiger partial charge in [-0.25, -0.2) is 4.79 Å². The Balaban J connectivity index is 1.58. The van der Waals surface area contributed by atoms with Gasteiger partial charge >= 0.3 is 6.09 Å². The van der Waals surface area contributed by atoms with Crippen molar-refractivity contribution in [3.63, 3.8) is 0 Å². The summed E-state index contributed by atoms with van der Waals surface area (Å²) in [6.45, 7) is 8.74. The quantitative estimate of drug-likeness (QED) is 0.825. The average molecular weight is 410 g/mol. The van der Waals surface area contributed by atoms with Crippen LogP contribution in [-0.2, 0) is 4.79 Å². The number of carbonyl (C=O) groups excluding carboxylic acids is 1. The second-order valence-electron chi connectivity index (χ2n) is 8.34. The highest BCUT2D eigenvalue weighted by molar-refractivity contribution is 6.31. The van der Waals surface area contributed by atoms with Crippen LogP contribution in [0.5, 0.6) is 5.75 Å². The molecule has 0 atom stereocenters. The molecule has 0 radical (unpaired) electrons. The standard InChI is InChI=1S/C20H28ClN3O4/c1-20(2,3)24(19(26)27)15-6-8-22(9-7-15)10-11-23-16-12-14(21)4-5-17(16)28-13-18(23)25/h4-5,12,15H,6-11,13H2,1-3H3,(H,26,27). The van der Waals surface area contributed by atoms with Gasteiger partial charge in [0.05, 0.1) is 5.69 Å². The molecule has 154 valence electrons. The van der Waals surface area contributed by atoms with Gasteiger partial charge in [0.25, 0.3) is 5.91 Å². The molecule has 7 nitrogen and oxygen atoms in total. The number of fused-ring (bicyclic) bond motifs is 1. The summed E-state index contributed by atoms with van der Waals surface area (Å²) in [5, 5.41) is 10.2. The van der Waals surface area contributed by atoms with Gasteiger partial charge in [0.2, 0.25) is 0 Å². The molecule has 2 aliphatic heterocycles. The average Bonchev–Trinajstić information content (AvgIpc) is 2.60. The number of rotatable bonds is 4. The summed E-state index contributed by atoms with van der Waals surface area (Å²) in [5.41, 5.74) is 0.297. The lowest BCUT2D eigenvalue weighted by Gasteiger charge is -2.43. The van der Waals surface area contributed by atoms with Crippen molar-refractivity contribution in [3.8, 4) is 5.75 Å². The number of ether oxygens (including phenoxy) is 1. The molecule has 0 unspecified atom stereocenters. The Kier molecular flexibility index (Phi) is 6.05. The predicted molar refractivity (Wildman–Crippen MR) is 108 cm³/mol. The zero-order valence-electron chi connectivity index (χ0n) is 16.7. The normalized spacial score (nSPS) is 18.6. The van der Waals surface area contributed by atoms with E-state index in [4.69, 9.17) is 16.3 Å². The minimum Gasteiger partial charge on any atom is -0.482 e. The highest BCUT2D eigenvalue weighted by Crippen LogP contribution is 2.34. The molecule has 0 bridgehead atoms. The Morgan fingerprint density at radius 3 is 2.57 bits per heavy atom. The molecule has 2 heterocycles. The van der Waals surface area contributed by atoms with E-state index < -0.39 is 11.6 Å². The van der Waals surface area contributed by atoms with Gasteiger partial charge < -0.3 is 24.5 Å². The number of carboxylic acid groups (broad SMARTS) is 1. The highest BCUT2D eigenvalue weighted by atomic mass is 35.5. The Morgan fingerprint density at radius 1 is 1.29 bits per heavy atom. The van der Waals surface area contributed by atoms with Crippen LogP contribution in [0.15, 0.2) is 18.2 Å². The van der Waals surface area contributed by atoms with E-state index in [1.807, 2.05) is 20.8 Å². The first-order valence-electron chi connectivity index (χ1n) is 9.64. The number of hydrogen-bond donors (Lipinski definition) is 1. The molecule has 8 heteroatoms. The first-order valence-corrected chi connectivity index (χ1v) is 10.0. The Morgan fingerprint density at radius 2 is 1.96 bits per heavy atom. The zero-order chi connectivity index (χ0) is 20.5. The van der Waals surface area contributed by atoms with Crippen LogP contribution in [-0.4, -0.2) is 71.3 Å². The summed E-state index contributed by atoms with van der Waals surface area (Å²) in [5.74, 6) is 0.597. The Labute approximate surface area is 170 Å². The van der Waals surface area contributed by atoms with Crippen molar-refractivity contribution in [2.24, 2.45) is 0 Å². The minimum absolute atomic E-state index is 0.0262. The van der Waals surface area contributed by atoms with E-state index in [2.05, 4.69) is 4.90 Å². The molecule has 0 aliphatic carbocycles. The third-order valence-corrected chi connectivity index (χ3v) is 5.59. The maximum absolute atomic E-state index is 12.3. The molecule has 28 heavy (non-hydrogen) atoms. The molecule has 0 aromatic heterocycles. The first kappa shape index (κ1) is 20.7. The summed E-state index contributed by atoms with van der Waals surface area (Å²) >= 11 is 6.09. The smallest absolute Gasteiger partial charge is 0.407 e. The summed E-state index contributed by atoms with van der Waals surface area (Å²) in [6, 6.07) is 5.32. The van der Waals surface area contributed by atoms with Crippen molar-refractivity contribution in [2.75, 3.05) is 37.7 Å². The van der Waals surface area contributed by atoms with Crippen molar-refractivity contribution < 1.29 is 19.4 Å². The molecule has 1 aromatic carbocycles. The van der Waals surface area contributed by atoms with Gasteiger partial charge in [-0.15, -0.1) is 0 Å². The van der Waals surface area contributed by atoms with Gasteiger partial charge in [0, 0.05) is 42.8 Å². The van der Waals surface area contributed by atoms with Gasteiger partial charge in [-0.2, -0.15) is 0 Å². The van der Waals surface area contributed by atoms with E-state index in [1.54, 1.807) is 28.0 Å². The third-order valence-electron chi connectivity index (χ3n) is 5.35. The number of carbonyl (C=O) groups is 2. The Hall–Kier alpha value is -1.99. The number of hydrogen-bond acceptors (Lipinski definition) is 4. The summed E-state index contributed by atoms with van der Waals surface area (Å²) in [4.78, 5) is 29.6. The topological polar surface area (TPSA) is 73.3 Å². The minimum atomic E-state index is -0.863. The number of nitrogens with zero attached hydrogens (tertiary/aromatic N) is 3. The molecule has 2 aliphatic rings. The van der Waals surface area contributed by atoms with Crippen molar-refractivity contribution in [1.29, 1.82) is 0 Å². The zero-order valence-corrected chi connectivity index (χ0v) is 17.4. The fourth-order valence-electron chi connectivity index (χ4n) is 4.05. The van der Waals surface area contributed by atoms with E-state index in [0.717, 1.165) is 32.5 Å². The lowest BCUT2D eigenvalue weighted by molar-refractivity contribution is -0.121. The van der Waals surface area contributed by atoms with E-state index in [-0.39, 0.29) is 18.6 Å². The molecule has 0 saturated carbocycles. The van der Waals surface area contributed by atoms with Crippen LogP contribution in [0.1, 0.15) is 33.6 Å². The van der Waals surface area contributed by atoms with Crippen molar-refractivity contribution in [1.82, 2.24) is 9.80 Å². The van der Waals surface area contributed by atoms with Crippen LogP contribution < -0.4 is 9.64 Å². The highest BCUT2D eigenvalue weighted by Gasteiger charge is 2.35. The van der Waals surface area contributed by atoms with Gasteiger partial charge in [-0.05, 0) is 51.8 Å². The molecule has 1 N–H and O–H groups in total. The van der Waals surface area contributed by atoms with Gasteiger partial charge in [-0.3, -0.25) is 4.79 Å². The lowest BCUT2D eigenvalue weighted by atomic mass is 9.97. The maximum Gasteiger partial charge on any atom is 0.407 e. The largest absolute Gasteiger partial charge is 0.482 e. The van der Waals surface area contributed by atoms with Crippen LogP contribution in [0.25, 0.3) is 0 Å². The molecular formula is C20H28ClN3O4. The van der Waals surface area contributed by atoms with Crippen LogP contribution in [0, 0.1) is 0 Å². The molecule has 0 spiro atoms. The van der Waals surface area contributed by atoms with Crippen LogP contribution >= 0.6 is 11.6 Å². The van der Waals surface area contributed by atoms with Crippen LogP contribution in [0.3, 0.4) is 0 Å². The van der Waals surface area contributed by atoms with E-state index in [0.29, 0.717) is 23.0 Å². The summed E-state index contributed by atoms with van der Waals surface area (Å²) < 4.78 is 5.48. The molecule has 2 amide bonds. The van der Waals surface area contributed by atoms with Crippen LogP contribution in [0.2, 0.25) is 5.02 Å². The summed E-state index contributed by atoms with van der Waals surface area (Å²) in [7, 11) is 0. The second-order valence-corrected chi connectivity index (χ2v) is 8.78. The number of benzene rings is 1. The number of piperidine rings is 1. The van der Waals surface area contributed by atoms with Crippen molar-refractivity contribution in [3.05, 3.63) is 23.2 Å². The molecule has 1 fully saturated rings. The number of anilines is 1. The van der Waals surface area contributed by atoms with Crippen molar-refractivity contribution >= 4 is 29.3 Å². The van der Waals surface area contributed by atoms with Gasteiger partial charge in [0.1, 0.15) is 5.75 Å². The summed E-state index contributed by atoms with van der Waals surface area (Å²) in [6.07, 6.45) is 0.727. The van der Waals surface area contributed by atoms with E-state index in [1.165, 1.54) is 0 Å². The fourth-order valence-corrected chi connectivity index (χ4v) is 4.22. The molecular weight excluding hydrogens is 382 g/mol. The lowest BCUT2D eigenvalue weighted by Crippen LogP contribution is -2.55. The predicted octanol–water partition coefficient (Wildman–Crippen LogP) is 3.31.